The molecule has 0 unspecified atom stereocenters. The van der Waals surface area contributed by atoms with Crippen molar-refractivity contribution in [1.82, 2.24) is 14.8 Å². The molecule has 7 nitrogen and oxygen atoms in total. The lowest BCUT2D eigenvalue weighted by Gasteiger charge is -2.31. The standard InChI is InChI=1S/C29H38N4O3/c1-5-28(34)32(13-12-31-14-16-36-17-15-31)20-29(35)33-27(24-9-6-21(2)7-10-24)19-26(30-33)25-11-8-22(3)23(4)18-25/h6-11,18,27H,5,12-17,19-20H2,1-4H3/t27-/m1/s1. The molecule has 2 aliphatic heterocycles. The number of hydrazone groups is 1. The fraction of sp³-hybridized carbons (Fsp3) is 0.483. The van der Waals surface area contributed by atoms with Gasteiger partial charge in [-0.1, -0.05) is 48.9 Å². The molecule has 192 valence electrons. The van der Waals surface area contributed by atoms with Crippen molar-refractivity contribution in [3.63, 3.8) is 0 Å². The van der Waals surface area contributed by atoms with Crippen molar-refractivity contribution in [2.75, 3.05) is 45.9 Å². The molecule has 7 heteroatoms. The minimum absolute atomic E-state index is 0.0129. The van der Waals surface area contributed by atoms with Crippen LogP contribution in [0.5, 0.6) is 0 Å². The maximum Gasteiger partial charge on any atom is 0.262 e. The summed E-state index contributed by atoms with van der Waals surface area (Å²) in [4.78, 5) is 30.4. The van der Waals surface area contributed by atoms with E-state index in [0.29, 0.717) is 32.6 Å². The maximum absolute atomic E-state index is 13.7. The van der Waals surface area contributed by atoms with Gasteiger partial charge in [0.25, 0.3) is 5.91 Å². The van der Waals surface area contributed by atoms with Gasteiger partial charge >= 0.3 is 0 Å². The van der Waals surface area contributed by atoms with Gasteiger partial charge in [-0.25, -0.2) is 5.01 Å². The van der Waals surface area contributed by atoms with Gasteiger partial charge in [-0.15, -0.1) is 0 Å². The smallest absolute Gasteiger partial charge is 0.262 e. The highest BCUT2D eigenvalue weighted by molar-refractivity contribution is 6.03. The van der Waals surface area contributed by atoms with E-state index < -0.39 is 0 Å². The summed E-state index contributed by atoms with van der Waals surface area (Å²) in [5, 5.41) is 6.44. The Balaban J connectivity index is 1.56. The number of rotatable bonds is 8. The van der Waals surface area contributed by atoms with E-state index in [-0.39, 0.29) is 24.4 Å². The first-order valence-electron chi connectivity index (χ1n) is 13.0. The summed E-state index contributed by atoms with van der Waals surface area (Å²) in [5.41, 5.74) is 6.60. The summed E-state index contributed by atoms with van der Waals surface area (Å²) in [6.45, 7) is 12.5. The van der Waals surface area contributed by atoms with Crippen LogP contribution in [0.3, 0.4) is 0 Å². The summed E-state index contributed by atoms with van der Waals surface area (Å²) >= 11 is 0. The quantitative estimate of drug-likeness (QED) is 0.564. The van der Waals surface area contributed by atoms with Crippen LogP contribution >= 0.6 is 0 Å². The first kappa shape index (κ1) is 26.0. The van der Waals surface area contributed by atoms with Crippen molar-refractivity contribution in [1.29, 1.82) is 0 Å². The van der Waals surface area contributed by atoms with Crippen LogP contribution in [0, 0.1) is 20.8 Å². The second-order valence-electron chi connectivity index (χ2n) is 9.84. The van der Waals surface area contributed by atoms with Crippen LogP contribution in [-0.4, -0.2) is 78.3 Å². The van der Waals surface area contributed by atoms with Crippen molar-refractivity contribution < 1.29 is 14.3 Å². The third kappa shape index (κ3) is 6.20. The molecule has 2 aromatic carbocycles. The largest absolute Gasteiger partial charge is 0.379 e. The van der Waals surface area contributed by atoms with Crippen LogP contribution in [-0.2, 0) is 14.3 Å². The van der Waals surface area contributed by atoms with Crippen molar-refractivity contribution in [3.05, 3.63) is 70.3 Å². The van der Waals surface area contributed by atoms with Gasteiger partial charge in [0.15, 0.2) is 0 Å². The van der Waals surface area contributed by atoms with E-state index in [1.165, 1.54) is 16.7 Å². The van der Waals surface area contributed by atoms with Crippen LogP contribution in [0.25, 0.3) is 0 Å². The van der Waals surface area contributed by atoms with Gasteiger partial charge < -0.3 is 9.64 Å². The van der Waals surface area contributed by atoms with Crippen LogP contribution in [0.4, 0.5) is 0 Å². The topological polar surface area (TPSA) is 65.5 Å². The van der Waals surface area contributed by atoms with Gasteiger partial charge in [-0.2, -0.15) is 5.10 Å². The highest BCUT2D eigenvalue weighted by atomic mass is 16.5. The molecule has 1 fully saturated rings. The number of amides is 2. The summed E-state index contributed by atoms with van der Waals surface area (Å²) in [6.07, 6.45) is 1.02. The third-order valence-corrected chi connectivity index (χ3v) is 7.24. The van der Waals surface area contributed by atoms with E-state index in [1.54, 1.807) is 9.91 Å². The highest BCUT2D eigenvalue weighted by Gasteiger charge is 2.34. The lowest BCUT2D eigenvalue weighted by Crippen LogP contribution is -2.46. The Labute approximate surface area is 214 Å². The number of carbonyl (C=O) groups is 2. The fourth-order valence-electron chi connectivity index (χ4n) is 4.72. The number of morpholine rings is 1. The van der Waals surface area contributed by atoms with E-state index in [1.807, 2.05) is 6.92 Å². The van der Waals surface area contributed by atoms with Gasteiger partial charge in [-0.05, 0) is 49.1 Å². The molecule has 0 aromatic heterocycles. The molecule has 0 saturated carbocycles. The van der Waals surface area contributed by atoms with Crippen LogP contribution in [0.1, 0.15) is 53.6 Å². The van der Waals surface area contributed by atoms with Gasteiger partial charge in [0.2, 0.25) is 5.91 Å². The zero-order chi connectivity index (χ0) is 25.7. The lowest BCUT2D eigenvalue weighted by atomic mass is 9.96. The average molecular weight is 491 g/mol. The Kier molecular flexibility index (Phi) is 8.54. The second-order valence-corrected chi connectivity index (χ2v) is 9.84. The predicted octanol–water partition coefficient (Wildman–Crippen LogP) is 3.86. The zero-order valence-electron chi connectivity index (χ0n) is 22.0. The molecule has 2 aromatic rings. The van der Waals surface area contributed by atoms with Gasteiger partial charge in [0, 0.05) is 39.0 Å². The highest BCUT2D eigenvalue weighted by Crippen LogP contribution is 2.33. The first-order valence-corrected chi connectivity index (χ1v) is 13.0. The Bertz CT molecular complexity index is 1110. The normalized spacial score (nSPS) is 18.3. The molecule has 0 aliphatic carbocycles. The monoisotopic (exact) mass is 490 g/mol. The minimum Gasteiger partial charge on any atom is -0.379 e. The summed E-state index contributed by atoms with van der Waals surface area (Å²) in [6, 6.07) is 14.4. The van der Waals surface area contributed by atoms with Crippen molar-refractivity contribution >= 4 is 17.5 Å². The van der Waals surface area contributed by atoms with Crippen LogP contribution in [0.2, 0.25) is 0 Å². The molecule has 0 N–H and O–H groups in total. The molecule has 0 radical (unpaired) electrons. The van der Waals surface area contributed by atoms with Crippen LogP contribution < -0.4 is 0 Å². The molecular weight excluding hydrogens is 452 g/mol. The molecular formula is C29H38N4O3. The Hall–Kier alpha value is -3.03. The molecule has 2 aliphatic rings. The number of nitrogens with zero attached hydrogens (tertiary/aromatic N) is 4. The summed E-state index contributed by atoms with van der Waals surface area (Å²) in [5.74, 6) is -0.163. The van der Waals surface area contributed by atoms with E-state index in [4.69, 9.17) is 9.84 Å². The molecule has 4 rings (SSSR count). The molecule has 0 spiro atoms. The maximum atomic E-state index is 13.7. The zero-order valence-corrected chi connectivity index (χ0v) is 22.0. The fourth-order valence-corrected chi connectivity index (χ4v) is 4.72. The molecule has 36 heavy (non-hydrogen) atoms. The van der Waals surface area contributed by atoms with Crippen molar-refractivity contribution in [3.8, 4) is 0 Å². The first-order chi connectivity index (χ1) is 17.4. The van der Waals surface area contributed by atoms with Gasteiger partial charge in [-0.3, -0.25) is 14.5 Å². The minimum atomic E-state index is -0.187. The average Bonchev–Trinajstić information content (AvgIpc) is 3.34. The number of carbonyl (C=O) groups excluding carboxylic acids is 2. The summed E-state index contributed by atoms with van der Waals surface area (Å²) < 4.78 is 5.43. The number of ether oxygens (including phenoxy) is 1. The molecule has 0 bridgehead atoms. The molecule has 1 saturated heterocycles. The summed E-state index contributed by atoms with van der Waals surface area (Å²) in [7, 11) is 0. The molecule has 1 atom stereocenters. The van der Waals surface area contributed by atoms with Gasteiger partial charge in [0.05, 0.1) is 25.0 Å². The number of hydrogen-bond donors (Lipinski definition) is 0. The van der Waals surface area contributed by atoms with E-state index >= 15 is 0 Å². The van der Waals surface area contributed by atoms with E-state index in [0.717, 1.165) is 36.5 Å². The van der Waals surface area contributed by atoms with Crippen molar-refractivity contribution in [2.24, 2.45) is 5.10 Å². The van der Waals surface area contributed by atoms with E-state index in [2.05, 4.69) is 68.1 Å². The number of aryl methyl sites for hydroxylation is 3. The lowest BCUT2D eigenvalue weighted by molar-refractivity contribution is -0.141. The molecule has 2 heterocycles. The Morgan fingerprint density at radius 2 is 1.75 bits per heavy atom. The molecule has 2 amide bonds. The number of benzene rings is 2. The van der Waals surface area contributed by atoms with Crippen LogP contribution in [0.15, 0.2) is 47.6 Å². The van der Waals surface area contributed by atoms with Gasteiger partial charge in [0.1, 0.15) is 6.54 Å². The Morgan fingerprint density at radius 3 is 2.42 bits per heavy atom. The van der Waals surface area contributed by atoms with Crippen molar-refractivity contribution in [2.45, 2.75) is 46.6 Å². The number of hydrogen-bond acceptors (Lipinski definition) is 5. The van der Waals surface area contributed by atoms with E-state index in [9.17, 15) is 9.59 Å². The SMILES string of the molecule is CCC(=O)N(CCN1CCOCC1)CC(=O)N1N=C(c2ccc(C)c(C)c2)C[C@@H]1c1ccc(C)cc1. The Morgan fingerprint density at radius 1 is 1.03 bits per heavy atom. The second kappa shape index (κ2) is 11.8. The third-order valence-electron chi connectivity index (χ3n) is 7.24. The predicted molar refractivity (Wildman–Crippen MR) is 142 cm³/mol.